The van der Waals surface area contributed by atoms with Crippen molar-refractivity contribution in [2.24, 2.45) is 0 Å². The lowest BCUT2D eigenvalue weighted by Crippen LogP contribution is -2.49. The third kappa shape index (κ3) is 4.88. The molecule has 0 atom stereocenters. The standard InChI is InChI=1S/C20H23ClN2O5S/c21-16-3-1-4-17(13-16)22-7-9-23(10-8-22)29(24,25)12-2-11-26-18-5-6-19-20(14-18)28-15-27-19/h1,3-6,13-14H,2,7-12,15H2. The molecule has 0 N–H and O–H groups in total. The number of rotatable bonds is 7. The molecule has 0 radical (unpaired) electrons. The van der Waals surface area contributed by atoms with Crippen molar-refractivity contribution < 1.29 is 22.6 Å². The number of fused-ring (bicyclic) bond motifs is 1. The Kier molecular flexibility index (Phi) is 6.03. The van der Waals surface area contributed by atoms with Crippen LogP contribution in [0.1, 0.15) is 6.42 Å². The summed E-state index contributed by atoms with van der Waals surface area (Å²) in [4.78, 5) is 2.15. The lowest BCUT2D eigenvalue weighted by atomic mass is 10.2. The first kappa shape index (κ1) is 20.1. The maximum Gasteiger partial charge on any atom is 0.231 e. The van der Waals surface area contributed by atoms with E-state index in [0.29, 0.717) is 61.5 Å². The van der Waals surface area contributed by atoms with E-state index in [-0.39, 0.29) is 12.5 Å². The molecule has 0 spiro atoms. The fraction of sp³-hybridized carbons (Fsp3) is 0.400. The van der Waals surface area contributed by atoms with E-state index < -0.39 is 10.0 Å². The molecule has 2 aromatic rings. The number of halogens is 1. The molecule has 29 heavy (non-hydrogen) atoms. The van der Waals surface area contributed by atoms with Crippen LogP contribution in [0, 0.1) is 0 Å². The summed E-state index contributed by atoms with van der Waals surface area (Å²) in [6.45, 7) is 2.76. The highest BCUT2D eigenvalue weighted by Crippen LogP contribution is 2.35. The molecule has 2 aliphatic heterocycles. The summed E-state index contributed by atoms with van der Waals surface area (Å²) in [6.07, 6.45) is 0.422. The first-order valence-electron chi connectivity index (χ1n) is 9.52. The molecule has 0 amide bonds. The minimum Gasteiger partial charge on any atom is -0.493 e. The first-order chi connectivity index (χ1) is 14.0. The van der Waals surface area contributed by atoms with Gasteiger partial charge in [-0.3, -0.25) is 0 Å². The van der Waals surface area contributed by atoms with Crippen LogP contribution in [-0.2, 0) is 10.0 Å². The van der Waals surface area contributed by atoms with E-state index in [0.717, 1.165) is 5.69 Å². The predicted octanol–water partition coefficient (Wildman–Crippen LogP) is 2.99. The number of hydrogen-bond donors (Lipinski definition) is 0. The zero-order valence-electron chi connectivity index (χ0n) is 15.9. The summed E-state index contributed by atoms with van der Waals surface area (Å²) in [6, 6.07) is 13.0. The normalized spacial score (nSPS) is 16.8. The maximum absolute atomic E-state index is 12.6. The summed E-state index contributed by atoms with van der Waals surface area (Å²) in [5.74, 6) is 2.04. The summed E-state index contributed by atoms with van der Waals surface area (Å²) in [5.41, 5.74) is 1.02. The zero-order chi connectivity index (χ0) is 20.3. The Labute approximate surface area is 175 Å². The van der Waals surface area contributed by atoms with Gasteiger partial charge in [0.2, 0.25) is 16.8 Å². The third-order valence-electron chi connectivity index (χ3n) is 4.96. The summed E-state index contributed by atoms with van der Waals surface area (Å²) >= 11 is 6.05. The highest BCUT2D eigenvalue weighted by Gasteiger charge is 2.26. The molecule has 0 aromatic heterocycles. The second-order valence-electron chi connectivity index (χ2n) is 6.90. The van der Waals surface area contributed by atoms with Crippen LogP contribution >= 0.6 is 11.6 Å². The molecular weight excluding hydrogens is 416 g/mol. The largest absolute Gasteiger partial charge is 0.493 e. The quantitative estimate of drug-likeness (QED) is 0.619. The number of ether oxygens (including phenoxy) is 3. The number of benzene rings is 2. The van der Waals surface area contributed by atoms with Crippen LogP contribution in [0.2, 0.25) is 5.02 Å². The first-order valence-corrected chi connectivity index (χ1v) is 11.5. The molecule has 2 aromatic carbocycles. The van der Waals surface area contributed by atoms with Crippen molar-refractivity contribution >= 4 is 27.3 Å². The molecule has 156 valence electrons. The Hall–Kier alpha value is -2.16. The van der Waals surface area contributed by atoms with E-state index in [9.17, 15) is 8.42 Å². The molecule has 1 fully saturated rings. The highest BCUT2D eigenvalue weighted by molar-refractivity contribution is 7.89. The van der Waals surface area contributed by atoms with Crippen molar-refractivity contribution in [1.29, 1.82) is 0 Å². The second-order valence-corrected chi connectivity index (χ2v) is 9.42. The maximum atomic E-state index is 12.6. The van der Waals surface area contributed by atoms with Crippen molar-refractivity contribution in [2.45, 2.75) is 6.42 Å². The molecule has 0 unspecified atom stereocenters. The van der Waals surface area contributed by atoms with E-state index in [1.54, 1.807) is 22.5 Å². The minimum absolute atomic E-state index is 0.0642. The number of sulfonamides is 1. The number of hydrogen-bond acceptors (Lipinski definition) is 6. The van der Waals surface area contributed by atoms with Gasteiger partial charge in [0.25, 0.3) is 0 Å². The van der Waals surface area contributed by atoms with Gasteiger partial charge in [0.15, 0.2) is 11.5 Å². The van der Waals surface area contributed by atoms with Gasteiger partial charge in [0, 0.05) is 43.0 Å². The van der Waals surface area contributed by atoms with Crippen LogP contribution in [0.15, 0.2) is 42.5 Å². The van der Waals surface area contributed by atoms with Crippen LogP contribution in [0.25, 0.3) is 0 Å². The number of anilines is 1. The number of nitrogens with zero attached hydrogens (tertiary/aromatic N) is 2. The molecular formula is C20H23ClN2O5S. The Balaban J connectivity index is 1.23. The van der Waals surface area contributed by atoms with Gasteiger partial charge in [0.1, 0.15) is 5.75 Å². The number of piperazine rings is 1. The minimum atomic E-state index is -3.31. The summed E-state index contributed by atoms with van der Waals surface area (Å²) < 4.78 is 43.1. The van der Waals surface area contributed by atoms with Crippen LogP contribution in [0.3, 0.4) is 0 Å². The van der Waals surface area contributed by atoms with E-state index in [2.05, 4.69) is 4.90 Å². The van der Waals surface area contributed by atoms with Crippen LogP contribution in [0.5, 0.6) is 17.2 Å². The Morgan fingerprint density at radius 3 is 2.59 bits per heavy atom. The van der Waals surface area contributed by atoms with Gasteiger partial charge in [-0.05, 0) is 36.8 Å². The lowest BCUT2D eigenvalue weighted by molar-refractivity contribution is 0.173. The van der Waals surface area contributed by atoms with Crippen molar-refractivity contribution in [3.05, 3.63) is 47.5 Å². The van der Waals surface area contributed by atoms with Crippen LogP contribution in [0.4, 0.5) is 5.69 Å². The van der Waals surface area contributed by atoms with E-state index in [4.69, 9.17) is 25.8 Å². The van der Waals surface area contributed by atoms with Gasteiger partial charge in [-0.25, -0.2) is 8.42 Å². The second kappa shape index (κ2) is 8.69. The van der Waals surface area contributed by atoms with Crippen molar-refractivity contribution in [2.75, 3.05) is 50.2 Å². The van der Waals surface area contributed by atoms with Crippen molar-refractivity contribution in [3.8, 4) is 17.2 Å². The van der Waals surface area contributed by atoms with Crippen molar-refractivity contribution in [1.82, 2.24) is 4.31 Å². The molecule has 0 bridgehead atoms. The SMILES string of the molecule is O=S(=O)(CCCOc1ccc2c(c1)OCO2)N1CCN(c2cccc(Cl)c2)CC1. The Bertz CT molecular complexity index is 961. The zero-order valence-corrected chi connectivity index (χ0v) is 17.5. The van der Waals surface area contributed by atoms with Gasteiger partial charge < -0.3 is 19.1 Å². The molecule has 1 saturated heterocycles. The van der Waals surface area contributed by atoms with Crippen LogP contribution < -0.4 is 19.1 Å². The van der Waals surface area contributed by atoms with Gasteiger partial charge in [-0.15, -0.1) is 0 Å². The van der Waals surface area contributed by atoms with Gasteiger partial charge in [0.05, 0.1) is 12.4 Å². The van der Waals surface area contributed by atoms with E-state index in [1.165, 1.54) is 0 Å². The monoisotopic (exact) mass is 438 g/mol. The van der Waals surface area contributed by atoms with Gasteiger partial charge in [-0.2, -0.15) is 4.31 Å². The smallest absolute Gasteiger partial charge is 0.231 e. The lowest BCUT2D eigenvalue weighted by Gasteiger charge is -2.35. The average Bonchev–Trinajstić information content (AvgIpc) is 3.19. The fourth-order valence-electron chi connectivity index (χ4n) is 3.42. The average molecular weight is 439 g/mol. The highest BCUT2D eigenvalue weighted by atomic mass is 35.5. The van der Waals surface area contributed by atoms with E-state index >= 15 is 0 Å². The van der Waals surface area contributed by atoms with Crippen LogP contribution in [-0.4, -0.2) is 58.1 Å². The van der Waals surface area contributed by atoms with Gasteiger partial charge in [-0.1, -0.05) is 17.7 Å². The van der Waals surface area contributed by atoms with Crippen molar-refractivity contribution in [3.63, 3.8) is 0 Å². The third-order valence-corrected chi connectivity index (χ3v) is 7.16. The molecule has 7 nitrogen and oxygen atoms in total. The fourth-order valence-corrected chi connectivity index (χ4v) is 5.07. The molecule has 2 heterocycles. The Morgan fingerprint density at radius 2 is 1.79 bits per heavy atom. The van der Waals surface area contributed by atoms with E-state index in [1.807, 2.05) is 24.3 Å². The molecule has 4 rings (SSSR count). The molecule has 0 aliphatic carbocycles. The summed E-state index contributed by atoms with van der Waals surface area (Å²) in [5, 5.41) is 0.681. The van der Waals surface area contributed by atoms with Gasteiger partial charge >= 0.3 is 0 Å². The molecule has 0 saturated carbocycles. The predicted molar refractivity (Wildman–Crippen MR) is 112 cm³/mol. The Morgan fingerprint density at radius 1 is 1.00 bits per heavy atom. The topological polar surface area (TPSA) is 68.3 Å². The molecule has 9 heteroatoms. The summed E-state index contributed by atoms with van der Waals surface area (Å²) in [7, 11) is -3.31. The molecule has 2 aliphatic rings.